The van der Waals surface area contributed by atoms with Crippen LogP contribution in [-0.2, 0) is 11.7 Å². The van der Waals surface area contributed by atoms with Gasteiger partial charge < -0.3 is 9.94 Å². The van der Waals surface area contributed by atoms with Crippen molar-refractivity contribution in [2.45, 2.75) is 6.61 Å². The Balaban J connectivity index is 3.02. The number of aromatic nitrogens is 1. The molecule has 59 valence electrons. The van der Waals surface area contributed by atoms with Gasteiger partial charge in [-0.15, -0.1) is 0 Å². The summed E-state index contributed by atoms with van der Waals surface area (Å²) in [5, 5.41) is 21.1. The lowest BCUT2D eigenvalue weighted by Gasteiger charge is -2.02. The van der Waals surface area contributed by atoms with Crippen LogP contribution >= 0.6 is 0 Å². The zero-order valence-corrected chi connectivity index (χ0v) is 6.11. The normalized spacial score (nSPS) is 9.64. The van der Waals surface area contributed by atoms with Crippen LogP contribution in [0.1, 0.15) is 5.69 Å². The molecule has 0 amide bonds. The quantitative estimate of drug-likeness (QED) is 0.453. The third kappa shape index (κ3) is 1.59. The maximum Gasteiger partial charge on any atom is 0.225 e. The van der Waals surface area contributed by atoms with Gasteiger partial charge in [0.2, 0.25) is 5.69 Å². The molecule has 11 heavy (non-hydrogen) atoms. The highest BCUT2D eigenvalue weighted by molar-refractivity contribution is 5.18. The SMILES string of the molecule is COc1cc[n+]([O-])c(C[O])c1. The van der Waals surface area contributed by atoms with Gasteiger partial charge in [0.15, 0.2) is 12.8 Å². The van der Waals surface area contributed by atoms with Crippen LogP contribution in [-0.4, -0.2) is 7.11 Å². The van der Waals surface area contributed by atoms with Crippen LogP contribution in [0.5, 0.6) is 5.75 Å². The van der Waals surface area contributed by atoms with E-state index in [0.29, 0.717) is 10.5 Å². The minimum absolute atomic E-state index is 0.171. The summed E-state index contributed by atoms with van der Waals surface area (Å²) in [4.78, 5) is 0. The maximum absolute atomic E-state index is 10.8. The molecule has 0 atom stereocenters. The first kappa shape index (κ1) is 7.81. The van der Waals surface area contributed by atoms with Crippen LogP contribution in [0.2, 0.25) is 0 Å². The second-order valence-corrected chi connectivity index (χ2v) is 2.03. The molecule has 1 aromatic heterocycles. The maximum atomic E-state index is 10.8. The molecule has 1 heterocycles. The summed E-state index contributed by atoms with van der Waals surface area (Å²) in [5.41, 5.74) is 0.171. The molecule has 0 aliphatic heterocycles. The van der Waals surface area contributed by atoms with Crippen LogP contribution in [0.3, 0.4) is 0 Å². The smallest absolute Gasteiger partial charge is 0.225 e. The molecule has 0 spiro atoms. The molecule has 4 nitrogen and oxygen atoms in total. The zero-order chi connectivity index (χ0) is 8.27. The summed E-state index contributed by atoms with van der Waals surface area (Å²) in [5.74, 6) is 0.531. The van der Waals surface area contributed by atoms with Gasteiger partial charge in [-0.25, -0.2) is 5.11 Å². The molecule has 1 aromatic rings. The van der Waals surface area contributed by atoms with Gasteiger partial charge in [0.1, 0.15) is 5.75 Å². The highest BCUT2D eigenvalue weighted by Crippen LogP contribution is 2.08. The van der Waals surface area contributed by atoms with E-state index < -0.39 is 6.61 Å². The monoisotopic (exact) mass is 154 g/mol. The molecular weight excluding hydrogens is 146 g/mol. The molecule has 0 saturated carbocycles. The molecular formula is C7H8NO3. The van der Waals surface area contributed by atoms with Crippen molar-refractivity contribution in [2.24, 2.45) is 0 Å². The van der Waals surface area contributed by atoms with Crippen molar-refractivity contribution in [2.75, 3.05) is 7.11 Å². The van der Waals surface area contributed by atoms with E-state index in [2.05, 4.69) is 0 Å². The Labute approximate surface area is 64.2 Å². The lowest BCUT2D eigenvalue weighted by Crippen LogP contribution is -2.30. The van der Waals surface area contributed by atoms with Gasteiger partial charge in [-0.2, -0.15) is 4.73 Å². The van der Waals surface area contributed by atoms with E-state index in [0.717, 1.165) is 0 Å². The Hall–Kier alpha value is -1.29. The third-order valence-corrected chi connectivity index (χ3v) is 1.35. The van der Waals surface area contributed by atoms with E-state index in [9.17, 15) is 10.3 Å². The molecule has 0 saturated heterocycles. The first-order valence-electron chi connectivity index (χ1n) is 3.12. The Morgan fingerprint density at radius 3 is 3.00 bits per heavy atom. The fourth-order valence-electron chi connectivity index (χ4n) is 0.745. The number of ether oxygens (including phenoxy) is 1. The Morgan fingerprint density at radius 2 is 2.45 bits per heavy atom. The Bertz CT molecular complexity index is 249. The van der Waals surface area contributed by atoms with Gasteiger partial charge in [0.25, 0.3) is 0 Å². The summed E-state index contributed by atoms with van der Waals surface area (Å²) in [6.45, 7) is -0.527. The molecule has 0 unspecified atom stereocenters. The van der Waals surface area contributed by atoms with Crippen LogP contribution in [0.25, 0.3) is 0 Å². The molecule has 0 aliphatic rings. The van der Waals surface area contributed by atoms with E-state index in [1.54, 1.807) is 0 Å². The summed E-state index contributed by atoms with van der Waals surface area (Å²) >= 11 is 0. The number of hydrogen-bond donors (Lipinski definition) is 0. The first-order chi connectivity index (χ1) is 5.27. The number of nitrogens with zero attached hydrogens (tertiary/aromatic N) is 1. The fourth-order valence-corrected chi connectivity index (χ4v) is 0.745. The van der Waals surface area contributed by atoms with Crippen LogP contribution in [0, 0.1) is 5.21 Å². The molecule has 4 heteroatoms. The fraction of sp³-hybridized carbons (Fsp3) is 0.286. The van der Waals surface area contributed by atoms with Gasteiger partial charge in [0.05, 0.1) is 13.2 Å². The second kappa shape index (κ2) is 3.21. The summed E-state index contributed by atoms with van der Waals surface area (Å²) in [7, 11) is 1.49. The van der Waals surface area contributed by atoms with E-state index in [1.165, 1.54) is 25.4 Å². The van der Waals surface area contributed by atoms with Crippen molar-refractivity contribution in [3.63, 3.8) is 0 Å². The van der Waals surface area contributed by atoms with Gasteiger partial charge in [-0.05, 0) is 0 Å². The topological polar surface area (TPSA) is 56.1 Å². The Morgan fingerprint density at radius 1 is 1.73 bits per heavy atom. The molecule has 0 aliphatic carbocycles. The molecule has 0 aromatic carbocycles. The Kier molecular flexibility index (Phi) is 2.28. The van der Waals surface area contributed by atoms with E-state index in [1.807, 2.05) is 0 Å². The van der Waals surface area contributed by atoms with Gasteiger partial charge >= 0.3 is 0 Å². The molecule has 0 N–H and O–H groups in total. The average molecular weight is 154 g/mol. The van der Waals surface area contributed by atoms with Gasteiger partial charge in [-0.3, -0.25) is 0 Å². The van der Waals surface area contributed by atoms with Crippen molar-refractivity contribution in [3.05, 3.63) is 29.2 Å². The minimum Gasteiger partial charge on any atom is -0.618 e. The van der Waals surface area contributed by atoms with E-state index in [-0.39, 0.29) is 5.69 Å². The zero-order valence-electron chi connectivity index (χ0n) is 6.11. The first-order valence-corrected chi connectivity index (χ1v) is 3.12. The predicted molar refractivity (Wildman–Crippen MR) is 36.3 cm³/mol. The largest absolute Gasteiger partial charge is 0.618 e. The van der Waals surface area contributed by atoms with E-state index in [4.69, 9.17) is 4.74 Å². The van der Waals surface area contributed by atoms with Crippen molar-refractivity contribution < 1.29 is 14.6 Å². The van der Waals surface area contributed by atoms with Crippen molar-refractivity contribution in [1.82, 2.24) is 0 Å². The third-order valence-electron chi connectivity index (χ3n) is 1.35. The number of pyridine rings is 1. The lowest BCUT2D eigenvalue weighted by atomic mass is 10.3. The van der Waals surface area contributed by atoms with Gasteiger partial charge in [0, 0.05) is 6.07 Å². The highest BCUT2D eigenvalue weighted by Gasteiger charge is 2.04. The van der Waals surface area contributed by atoms with Crippen LogP contribution in [0.4, 0.5) is 0 Å². The van der Waals surface area contributed by atoms with Crippen LogP contribution < -0.4 is 9.47 Å². The van der Waals surface area contributed by atoms with Gasteiger partial charge in [-0.1, -0.05) is 0 Å². The van der Waals surface area contributed by atoms with Crippen LogP contribution in [0.15, 0.2) is 18.3 Å². The minimum atomic E-state index is -0.527. The van der Waals surface area contributed by atoms with Crippen molar-refractivity contribution in [1.29, 1.82) is 0 Å². The molecule has 0 bridgehead atoms. The second-order valence-electron chi connectivity index (χ2n) is 2.03. The highest BCUT2D eigenvalue weighted by atomic mass is 16.5. The molecule has 0 fully saturated rings. The van der Waals surface area contributed by atoms with Crippen molar-refractivity contribution in [3.8, 4) is 5.75 Å². The standard InChI is InChI=1S/C7H8NO3/c1-11-7-2-3-8(10)6(4-7)5-9/h2-4H,5H2,1H3. The van der Waals surface area contributed by atoms with E-state index >= 15 is 0 Å². The summed E-state index contributed by atoms with van der Waals surface area (Å²) < 4.78 is 5.36. The average Bonchev–Trinajstić information content (AvgIpc) is 2.05. The molecule has 1 rings (SSSR count). The number of rotatable bonds is 2. The van der Waals surface area contributed by atoms with Crippen molar-refractivity contribution >= 4 is 0 Å². The number of methoxy groups -OCH3 is 1. The lowest BCUT2D eigenvalue weighted by molar-refractivity contribution is -0.617. The predicted octanol–water partition coefficient (Wildman–Crippen LogP) is 0.259. The summed E-state index contributed by atoms with van der Waals surface area (Å²) in [6, 6.07) is 2.94. The summed E-state index contributed by atoms with van der Waals surface area (Å²) in [6.07, 6.45) is 1.26. The number of hydrogen-bond acceptors (Lipinski definition) is 2. The molecule has 1 radical (unpaired) electrons.